The Kier molecular flexibility index (Phi) is 64.4. The highest BCUT2D eigenvalue weighted by Gasteiger charge is 2.18. The fourth-order valence-corrected chi connectivity index (χ4v) is 10.9. The monoisotopic (exact) mass is 1070 g/mol. The van der Waals surface area contributed by atoms with Gasteiger partial charge in [0.2, 0.25) is 5.91 Å². The largest absolute Gasteiger partial charge is 0.466 e. The second kappa shape index (κ2) is 65.9. The van der Waals surface area contributed by atoms with Crippen molar-refractivity contribution in [2.75, 3.05) is 13.2 Å². The first kappa shape index (κ1) is 74.3. The van der Waals surface area contributed by atoms with Crippen LogP contribution >= 0.6 is 0 Å². The van der Waals surface area contributed by atoms with E-state index in [4.69, 9.17) is 4.74 Å². The summed E-state index contributed by atoms with van der Waals surface area (Å²) >= 11 is 0. The Hall–Kier alpha value is -1.66. The molecule has 6 nitrogen and oxygen atoms in total. The van der Waals surface area contributed by atoms with E-state index in [1.165, 1.54) is 321 Å². The molecule has 0 aromatic rings. The Morgan fingerprint density at radius 3 is 0.934 bits per heavy atom. The first-order valence-electron chi connectivity index (χ1n) is 34.6. The number of rotatable bonds is 65. The number of aliphatic hydroxyl groups excluding tert-OH is 2. The molecule has 0 aromatic heterocycles. The van der Waals surface area contributed by atoms with Crippen LogP contribution in [-0.2, 0) is 14.3 Å². The van der Waals surface area contributed by atoms with Crippen LogP contribution in [0.4, 0.5) is 0 Å². The van der Waals surface area contributed by atoms with E-state index in [-0.39, 0.29) is 18.5 Å². The van der Waals surface area contributed by atoms with Gasteiger partial charge in [-0.2, -0.15) is 0 Å². The number of allylic oxidation sites excluding steroid dienone is 3. The van der Waals surface area contributed by atoms with Crippen molar-refractivity contribution < 1.29 is 24.5 Å². The van der Waals surface area contributed by atoms with Crippen LogP contribution in [0.25, 0.3) is 0 Å². The van der Waals surface area contributed by atoms with Gasteiger partial charge in [-0.15, -0.1) is 0 Å². The number of hydrogen-bond acceptors (Lipinski definition) is 5. The smallest absolute Gasteiger partial charge is 0.305 e. The number of carbonyl (C=O) groups is 2. The predicted octanol–water partition coefficient (Wildman–Crippen LogP) is 22.1. The van der Waals surface area contributed by atoms with E-state index in [0.29, 0.717) is 19.4 Å². The molecule has 3 N–H and O–H groups in total. The number of unbranched alkanes of at least 4 members (excludes halogenated alkanes) is 52. The molecular weight excluding hydrogens is 935 g/mol. The normalized spacial score (nSPS) is 12.6. The molecule has 0 bridgehead atoms. The lowest BCUT2D eigenvalue weighted by Gasteiger charge is -2.20. The zero-order chi connectivity index (χ0) is 55.0. The van der Waals surface area contributed by atoms with Gasteiger partial charge in [-0.25, -0.2) is 0 Å². The molecule has 2 unspecified atom stereocenters. The fraction of sp³-hybridized carbons (Fsp3) is 0.914. The number of ether oxygens (including phenoxy) is 1. The van der Waals surface area contributed by atoms with E-state index in [2.05, 4.69) is 31.3 Å². The molecule has 0 aliphatic carbocycles. The number of esters is 1. The predicted molar refractivity (Wildman–Crippen MR) is 333 cm³/mol. The zero-order valence-electron chi connectivity index (χ0n) is 51.5. The number of hydrogen-bond donors (Lipinski definition) is 3. The van der Waals surface area contributed by atoms with Gasteiger partial charge in [0.1, 0.15) is 0 Å². The van der Waals surface area contributed by atoms with Gasteiger partial charge in [-0.1, -0.05) is 340 Å². The third-order valence-electron chi connectivity index (χ3n) is 16.2. The summed E-state index contributed by atoms with van der Waals surface area (Å²) in [5, 5.41) is 23.0. The number of carbonyl (C=O) groups excluding carboxylic acids is 2. The first-order chi connectivity index (χ1) is 37.5. The maximum atomic E-state index is 12.4. The van der Waals surface area contributed by atoms with Gasteiger partial charge < -0.3 is 20.3 Å². The van der Waals surface area contributed by atoms with Crippen molar-refractivity contribution >= 4 is 11.9 Å². The van der Waals surface area contributed by atoms with E-state index in [0.717, 1.165) is 38.5 Å². The van der Waals surface area contributed by atoms with E-state index < -0.39 is 12.1 Å². The van der Waals surface area contributed by atoms with Gasteiger partial charge in [-0.3, -0.25) is 9.59 Å². The van der Waals surface area contributed by atoms with Crippen LogP contribution in [0.5, 0.6) is 0 Å². The number of aliphatic hydroxyl groups is 2. The van der Waals surface area contributed by atoms with Crippen molar-refractivity contribution in [1.29, 1.82) is 0 Å². The Balaban J connectivity index is 3.34. The van der Waals surface area contributed by atoms with Gasteiger partial charge in [-0.05, 0) is 57.8 Å². The van der Waals surface area contributed by atoms with Crippen LogP contribution in [0.3, 0.4) is 0 Å². The third-order valence-corrected chi connectivity index (χ3v) is 16.2. The van der Waals surface area contributed by atoms with Crippen molar-refractivity contribution in [2.24, 2.45) is 0 Å². The summed E-state index contributed by atoms with van der Waals surface area (Å²) in [4.78, 5) is 24.5. The van der Waals surface area contributed by atoms with Gasteiger partial charge in [0.05, 0.1) is 25.4 Å². The fourth-order valence-electron chi connectivity index (χ4n) is 10.9. The molecule has 0 aliphatic heterocycles. The maximum absolute atomic E-state index is 12.4. The van der Waals surface area contributed by atoms with Crippen molar-refractivity contribution in [3.05, 3.63) is 24.3 Å². The average molecular weight is 1070 g/mol. The lowest BCUT2D eigenvalue weighted by atomic mass is 10.0. The minimum absolute atomic E-state index is 0.0217. The molecule has 450 valence electrons. The van der Waals surface area contributed by atoms with E-state index in [1.807, 2.05) is 6.08 Å². The molecule has 0 saturated carbocycles. The quantitative estimate of drug-likeness (QED) is 0.0320. The molecule has 0 aromatic carbocycles. The van der Waals surface area contributed by atoms with Gasteiger partial charge in [0.15, 0.2) is 0 Å². The molecule has 0 heterocycles. The highest BCUT2D eigenvalue weighted by Crippen LogP contribution is 2.18. The topological polar surface area (TPSA) is 95.9 Å². The molecule has 1 amide bonds. The molecule has 0 radical (unpaired) electrons. The van der Waals surface area contributed by atoms with E-state index in [9.17, 15) is 19.8 Å². The summed E-state index contributed by atoms with van der Waals surface area (Å²) in [7, 11) is 0. The van der Waals surface area contributed by atoms with Crippen LogP contribution in [0.2, 0.25) is 0 Å². The second-order valence-electron chi connectivity index (χ2n) is 23.9. The SMILES string of the molecule is CCCCCCCCCCC/C=C/C(O)C(CO)NC(=O)CCCCCCCCCCCCCCCC/C=C\CCCCCCCCCCCCCCOC(=O)CCCCCCCCCCCCCCCCCCCC. The second-order valence-corrected chi connectivity index (χ2v) is 23.9. The summed E-state index contributed by atoms with van der Waals surface area (Å²) in [6.07, 6.45) is 82.6. The third kappa shape index (κ3) is 61.6. The summed E-state index contributed by atoms with van der Waals surface area (Å²) in [6, 6.07) is -0.625. The Morgan fingerprint density at radius 1 is 0.355 bits per heavy atom. The Morgan fingerprint density at radius 2 is 0.618 bits per heavy atom. The first-order valence-corrected chi connectivity index (χ1v) is 34.6. The molecule has 76 heavy (non-hydrogen) atoms. The molecule has 0 aliphatic rings. The van der Waals surface area contributed by atoms with Crippen molar-refractivity contribution in [1.82, 2.24) is 5.32 Å². The summed E-state index contributed by atoms with van der Waals surface area (Å²) in [6.45, 7) is 4.92. The van der Waals surface area contributed by atoms with Gasteiger partial charge in [0, 0.05) is 12.8 Å². The van der Waals surface area contributed by atoms with Gasteiger partial charge >= 0.3 is 5.97 Å². The van der Waals surface area contributed by atoms with E-state index in [1.54, 1.807) is 6.08 Å². The summed E-state index contributed by atoms with van der Waals surface area (Å²) < 4.78 is 5.51. The highest BCUT2D eigenvalue weighted by atomic mass is 16.5. The summed E-state index contributed by atoms with van der Waals surface area (Å²) in [5.41, 5.74) is 0. The zero-order valence-corrected chi connectivity index (χ0v) is 51.5. The number of nitrogens with one attached hydrogen (secondary N) is 1. The van der Waals surface area contributed by atoms with Gasteiger partial charge in [0.25, 0.3) is 0 Å². The van der Waals surface area contributed by atoms with Crippen molar-refractivity contribution in [2.45, 2.75) is 398 Å². The lowest BCUT2D eigenvalue weighted by molar-refractivity contribution is -0.143. The lowest BCUT2D eigenvalue weighted by Crippen LogP contribution is -2.45. The maximum Gasteiger partial charge on any atom is 0.305 e. The Labute approximate surface area is 475 Å². The van der Waals surface area contributed by atoms with Crippen LogP contribution in [0.15, 0.2) is 24.3 Å². The molecule has 2 atom stereocenters. The number of amides is 1. The van der Waals surface area contributed by atoms with Crippen LogP contribution in [0.1, 0.15) is 386 Å². The molecule has 0 rings (SSSR count). The van der Waals surface area contributed by atoms with Crippen molar-refractivity contribution in [3.63, 3.8) is 0 Å². The molecule has 0 spiro atoms. The van der Waals surface area contributed by atoms with Crippen LogP contribution < -0.4 is 5.32 Å². The molecule has 0 saturated heterocycles. The minimum atomic E-state index is -0.841. The van der Waals surface area contributed by atoms with E-state index >= 15 is 0 Å². The standard InChI is InChI=1S/C70H135NO5/c1-3-5-7-9-11-13-15-16-17-18-34-37-40-44-48-52-56-60-64-70(75)76-65-61-57-53-49-45-41-38-35-32-30-28-26-24-22-20-19-21-23-25-27-29-31-33-36-39-43-47-51-55-59-63-69(74)71-67(66-72)68(73)62-58-54-50-46-42-14-12-10-8-6-4-2/h20,22,58,62,67-68,72-73H,3-19,21,23-57,59-61,63-66H2,1-2H3,(H,71,74)/b22-20-,62-58+. The van der Waals surface area contributed by atoms with Crippen LogP contribution in [-0.4, -0.2) is 47.4 Å². The average Bonchev–Trinajstić information content (AvgIpc) is 3.42. The Bertz CT molecular complexity index is 1190. The summed E-state index contributed by atoms with van der Waals surface area (Å²) in [5.74, 6) is -0.0445. The molecular formula is C70H135NO5. The minimum Gasteiger partial charge on any atom is -0.466 e. The highest BCUT2D eigenvalue weighted by molar-refractivity contribution is 5.76. The van der Waals surface area contributed by atoms with Crippen molar-refractivity contribution in [3.8, 4) is 0 Å². The van der Waals surface area contributed by atoms with Crippen LogP contribution in [0, 0.1) is 0 Å². The molecule has 6 heteroatoms. The molecule has 0 fully saturated rings.